The van der Waals surface area contributed by atoms with Gasteiger partial charge in [-0.1, -0.05) is 47.6 Å². The van der Waals surface area contributed by atoms with Crippen LogP contribution in [0.1, 0.15) is 41.5 Å². The molecule has 0 radical (unpaired) electrons. The van der Waals surface area contributed by atoms with Crippen LogP contribution in [0.2, 0.25) is 0 Å². The maximum Gasteiger partial charge on any atom is -0.0139 e. The van der Waals surface area contributed by atoms with Crippen molar-refractivity contribution in [2.24, 2.45) is 16.7 Å². The first kappa shape index (κ1) is 15.0. The van der Waals surface area contributed by atoms with Gasteiger partial charge in [-0.05, 0) is 16.7 Å². The molecule has 0 saturated heterocycles. The summed E-state index contributed by atoms with van der Waals surface area (Å²) in [6.07, 6.45) is 2.08. The summed E-state index contributed by atoms with van der Waals surface area (Å²) < 4.78 is 0. The summed E-state index contributed by atoms with van der Waals surface area (Å²) in [6, 6.07) is 0. The molecule has 0 heterocycles. The zero-order chi connectivity index (χ0) is 11.3. The van der Waals surface area contributed by atoms with Crippen LogP contribution in [0.25, 0.3) is 0 Å². The highest BCUT2D eigenvalue weighted by Gasteiger charge is 2.31. The van der Waals surface area contributed by atoms with Gasteiger partial charge in [0.05, 0.1) is 0 Å². The van der Waals surface area contributed by atoms with E-state index in [-0.39, 0.29) is 0 Å². The van der Waals surface area contributed by atoms with E-state index >= 15 is 0 Å². The van der Waals surface area contributed by atoms with E-state index < -0.39 is 0 Å². The molecule has 0 aromatic heterocycles. The van der Waals surface area contributed by atoms with Crippen molar-refractivity contribution in [3.8, 4) is 0 Å². The second kappa shape index (κ2) is 5.26. The number of rotatable bonds is 1. The van der Waals surface area contributed by atoms with Gasteiger partial charge in [0.1, 0.15) is 0 Å². The predicted octanol–water partition coefficient (Wildman–Crippen LogP) is 4.68. The molecule has 0 aliphatic rings. The van der Waals surface area contributed by atoms with Crippen molar-refractivity contribution in [3.05, 3.63) is 25.8 Å². The molecule has 0 aromatic rings. The Morgan fingerprint density at radius 2 is 1.08 bits per heavy atom. The number of hydrogen-bond donors (Lipinski definition) is 0. The number of hydrogen-bond acceptors (Lipinski definition) is 0. The van der Waals surface area contributed by atoms with Crippen molar-refractivity contribution in [3.63, 3.8) is 0 Å². The maximum absolute atomic E-state index is 3.89. The van der Waals surface area contributed by atoms with Gasteiger partial charge in [0.25, 0.3) is 0 Å². The van der Waals surface area contributed by atoms with Crippen molar-refractivity contribution in [1.29, 1.82) is 0 Å². The molecule has 0 atom stereocenters. The average Bonchev–Trinajstić information content (AvgIpc) is 1.86. The third-order valence-electron chi connectivity index (χ3n) is 2.10. The molecule has 0 aliphatic heterocycles. The Hall–Kier alpha value is -0.520. The zero-order valence-corrected chi connectivity index (χ0v) is 10.3. The van der Waals surface area contributed by atoms with E-state index in [4.69, 9.17) is 0 Å². The second-order valence-electron chi connectivity index (χ2n) is 5.45. The fraction of sp³-hybridized carbons (Fsp3) is 0.692. The van der Waals surface area contributed by atoms with Gasteiger partial charge in [0.15, 0.2) is 0 Å². The second-order valence-corrected chi connectivity index (χ2v) is 5.45. The minimum Gasteiger partial charge on any atom is -0.106 e. The molecule has 0 saturated carbocycles. The third-order valence-corrected chi connectivity index (χ3v) is 2.10. The molecule has 0 rings (SSSR count). The molecule has 0 heteroatoms. The molecule has 0 aliphatic carbocycles. The first-order chi connectivity index (χ1) is 5.69. The average molecular weight is 182 g/mol. The lowest BCUT2D eigenvalue weighted by Crippen LogP contribution is -2.30. The van der Waals surface area contributed by atoms with E-state index in [2.05, 4.69) is 67.4 Å². The maximum atomic E-state index is 3.89. The van der Waals surface area contributed by atoms with Gasteiger partial charge < -0.3 is 0 Å². The molecule has 78 valence electrons. The van der Waals surface area contributed by atoms with Crippen LogP contribution in [0.3, 0.4) is 0 Å². The summed E-state index contributed by atoms with van der Waals surface area (Å²) >= 11 is 0. The molecule has 0 amide bonds. The molecule has 0 N–H and O–H groups in total. The minimum atomic E-state index is 0.333. The highest BCUT2D eigenvalue weighted by atomic mass is 14.4. The lowest BCUT2D eigenvalue weighted by molar-refractivity contribution is 0.149. The van der Waals surface area contributed by atoms with Crippen LogP contribution < -0.4 is 0 Å². The lowest BCUT2D eigenvalue weighted by Gasteiger charge is -2.38. The van der Waals surface area contributed by atoms with Crippen molar-refractivity contribution in [2.75, 3.05) is 0 Å². The normalized spacial score (nSPS) is 11.9. The monoisotopic (exact) mass is 182 g/mol. The molecule has 0 spiro atoms. The topological polar surface area (TPSA) is 0 Å². The van der Waals surface area contributed by atoms with E-state index in [1.165, 1.54) is 0 Å². The molecule has 0 unspecified atom stereocenters. The van der Waals surface area contributed by atoms with Gasteiger partial charge in [-0.25, -0.2) is 0 Å². The van der Waals surface area contributed by atoms with Crippen molar-refractivity contribution in [1.82, 2.24) is 0 Å². The fourth-order valence-corrected chi connectivity index (χ4v) is 2.01. The Bertz CT molecular complexity index is 126. The minimum absolute atomic E-state index is 0.333. The largest absolute Gasteiger partial charge is 0.106 e. The van der Waals surface area contributed by atoms with Crippen molar-refractivity contribution < 1.29 is 0 Å². The van der Waals surface area contributed by atoms with Crippen LogP contribution in [0.15, 0.2) is 25.8 Å². The van der Waals surface area contributed by atoms with Gasteiger partial charge >= 0.3 is 0 Å². The Kier molecular flexibility index (Phi) is 6.06. The predicted molar refractivity (Wildman–Crippen MR) is 63.9 cm³/mol. The quantitative estimate of drug-likeness (QED) is 0.516. The number of allylic oxidation sites excluding steroid dienone is 1. The van der Waals surface area contributed by atoms with Gasteiger partial charge in [0, 0.05) is 0 Å². The molecule has 0 fully saturated rings. The molecular formula is C13H26. The third kappa shape index (κ3) is 5.68. The molecule has 0 bridgehead atoms. The summed E-state index contributed by atoms with van der Waals surface area (Å²) in [5, 5.41) is 0. The molecule has 13 heavy (non-hydrogen) atoms. The summed E-state index contributed by atoms with van der Waals surface area (Å²) in [7, 11) is 0. The van der Waals surface area contributed by atoms with Crippen molar-refractivity contribution >= 4 is 0 Å². The summed E-state index contributed by atoms with van der Waals surface area (Å²) in [4.78, 5) is 0. The Morgan fingerprint density at radius 3 is 1.08 bits per heavy atom. The Balaban J connectivity index is 0. The van der Waals surface area contributed by atoms with Crippen molar-refractivity contribution in [2.45, 2.75) is 41.5 Å². The van der Waals surface area contributed by atoms with Crippen LogP contribution in [0.4, 0.5) is 0 Å². The summed E-state index contributed by atoms with van der Waals surface area (Å²) in [5.74, 6) is 0.579. The molecule has 0 aromatic carbocycles. The highest BCUT2D eigenvalue weighted by molar-refractivity contribution is 4.94. The van der Waals surface area contributed by atoms with Gasteiger partial charge in [-0.3, -0.25) is 0 Å². The van der Waals surface area contributed by atoms with Crippen LogP contribution in [0, 0.1) is 16.7 Å². The van der Waals surface area contributed by atoms with Crippen LogP contribution in [0.5, 0.6) is 0 Å². The summed E-state index contributed by atoms with van der Waals surface area (Å²) in [6.45, 7) is 23.5. The standard InChI is InChI=1S/C11H22.C2H4/c1-8-9(10(2,3)4)11(5,6)7;1-2/h8-9H,1H2,2-7H3;1-2H2. The molecular weight excluding hydrogens is 156 g/mol. The van der Waals surface area contributed by atoms with E-state index in [0.29, 0.717) is 16.7 Å². The van der Waals surface area contributed by atoms with Crippen LogP contribution in [-0.4, -0.2) is 0 Å². The van der Waals surface area contributed by atoms with Crippen LogP contribution >= 0.6 is 0 Å². The Labute approximate surface area is 84.7 Å². The van der Waals surface area contributed by atoms with Gasteiger partial charge in [-0.2, -0.15) is 0 Å². The van der Waals surface area contributed by atoms with E-state index in [0.717, 1.165) is 0 Å². The fourth-order valence-electron chi connectivity index (χ4n) is 2.01. The van der Waals surface area contributed by atoms with E-state index in [1.54, 1.807) is 0 Å². The molecule has 0 nitrogen and oxygen atoms in total. The van der Waals surface area contributed by atoms with Gasteiger partial charge in [-0.15, -0.1) is 19.7 Å². The lowest BCUT2D eigenvalue weighted by atomic mass is 9.67. The van der Waals surface area contributed by atoms with E-state index in [9.17, 15) is 0 Å². The zero-order valence-electron chi connectivity index (χ0n) is 10.3. The summed E-state index contributed by atoms with van der Waals surface area (Å²) in [5.41, 5.74) is 0.667. The highest BCUT2D eigenvalue weighted by Crippen LogP contribution is 2.40. The Morgan fingerprint density at radius 1 is 0.846 bits per heavy atom. The SMILES string of the molecule is C=C.C=CC(C(C)(C)C)C(C)(C)C. The smallest absolute Gasteiger partial charge is 0.0139 e. The first-order valence-corrected chi connectivity index (χ1v) is 4.82. The van der Waals surface area contributed by atoms with E-state index in [1.807, 2.05) is 0 Å². The van der Waals surface area contributed by atoms with Crippen LogP contribution in [-0.2, 0) is 0 Å². The first-order valence-electron chi connectivity index (χ1n) is 4.82. The van der Waals surface area contributed by atoms with Gasteiger partial charge in [0.2, 0.25) is 0 Å².